The fraction of sp³-hybridized carbons (Fsp3) is 0.667. The standard InChI is InChI=1S/C5H12N2O.C5H11NO2.C5H11NO.C4H10N2O.C4H9NO2.C4H9NO.C3H8N2O.C3H7NO2.2C3H7NO.C2H6N2O2.2C2H6N2O.C2H5NO2.C2H5NO.CH4N2O.CH3NO/c1-6(2)5(8)7(3)4;1-4-8-5(7)6(2)3;1-4-5(7)6(2)3;1-5-4(7)6(2)3;1-5(2)4(6)7-3;1-4(6)5(2)3;1-5(2)3(4)6;1-2-6-3(4)5;1-4(2)3-5;1-2-3(4)5;1-6-2(5)4-3;1-4-2(3)5;1-2(5)4-3;1-5-2(3)4;1-2(3)4;2-1(3)4;2-1-3/h1-4H3;4H2,1-3H3;4H2,1-3H3;1-3H3,(H,5,7);1-3H3;1-3H3;1-2H3,(H2,4,6);2H2,1H3,(H2,4,5);3H,1-2H3;2H2,1H3,(H2,4,5);3H2,1H3,(H,4,5);1H3,(H3,3,4,5);3H2,1H3,(H,4,5);1H3,(H2,3,4);1H3,(H2,3,4);(H4,2,3,4);1H,(H2,2,3). The summed E-state index contributed by atoms with van der Waals surface area (Å²) in [4.78, 5) is 179. The number of urea groups is 5. The minimum absolute atomic E-state index is 0.0185. The molecule has 0 aliphatic rings. The second-order valence-electron chi connectivity index (χ2n) is 17.0. The van der Waals surface area contributed by atoms with Gasteiger partial charge in [-0.15, -0.1) is 0 Å². The van der Waals surface area contributed by atoms with Gasteiger partial charge in [-0.25, -0.2) is 59.6 Å². The van der Waals surface area contributed by atoms with E-state index in [1.165, 1.54) is 88.3 Å². The van der Waals surface area contributed by atoms with Crippen molar-refractivity contribution in [3.05, 3.63) is 0 Å². The SMILES string of the molecule is CC(=O)N(C)C.CC(=O)NN.CC(N)=O.CCC(=O)N(C)C.CCC(N)=O.CCOC(=O)N(C)C.CCOC(N)=O.CN(C)C(=O)N(C)C.CN(C)C(N)=O.CN(C)C=O.CNC(=O)N(C)C.CNC(N)=O.COC(=O)N(C)C.COC(=O)NN.COC(N)=O.NC(N)=O.NC=O. The van der Waals surface area contributed by atoms with Gasteiger partial charge >= 0.3 is 60.6 Å². The van der Waals surface area contributed by atoms with Crippen molar-refractivity contribution in [3.63, 3.8) is 0 Å². The number of amides is 22. The molecule has 0 aromatic rings. The maximum Gasteiger partial charge on any atom is 0.421 e. The molecule has 22 amide bonds. The van der Waals surface area contributed by atoms with E-state index in [0.717, 1.165) is 6.41 Å². The average Bonchev–Trinajstić information content (AvgIpc) is 3.50. The molecule has 0 aliphatic carbocycles. The number of nitrogens with one attached hydrogen (secondary N) is 4. The molecule has 0 radical (unpaired) electrons. The first kappa shape index (κ1) is 130. The molecular weight excluding hydrogens is 1300 g/mol. The highest BCUT2D eigenvalue weighted by molar-refractivity contribution is 5.76. The predicted molar refractivity (Wildman–Crippen MR) is 367 cm³/mol. The van der Waals surface area contributed by atoms with Gasteiger partial charge in [-0.2, -0.15) is 0 Å². The number of hydrazine groups is 2. The third kappa shape index (κ3) is 265. The van der Waals surface area contributed by atoms with Crippen molar-refractivity contribution >= 4 is 103 Å². The molecule has 0 aromatic heterocycles. The molecule has 0 bridgehead atoms. The second kappa shape index (κ2) is 104. The number of carbonyl (C=O) groups is 17. The fourth-order valence-electron chi connectivity index (χ4n) is 1.58. The Morgan fingerprint density at radius 2 is 0.701 bits per heavy atom. The summed E-state index contributed by atoms with van der Waals surface area (Å²) in [5, 5.41) is 4.62. The zero-order chi connectivity index (χ0) is 82.5. The Morgan fingerprint density at radius 1 is 0.433 bits per heavy atom. The first-order chi connectivity index (χ1) is 43.9. The molecule has 0 aromatic carbocycles. The van der Waals surface area contributed by atoms with Crippen molar-refractivity contribution in [1.29, 1.82) is 0 Å². The molecule has 0 aliphatic heterocycles. The maximum absolute atomic E-state index is 10.7. The molecule has 46 nitrogen and oxygen atoms in total. The van der Waals surface area contributed by atoms with Crippen molar-refractivity contribution in [2.24, 2.45) is 63.3 Å². The number of nitrogens with zero attached hydrogens (tertiary/aromatic N) is 9. The fourth-order valence-corrected chi connectivity index (χ4v) is 1.58. The summed E-state index contributed by atoms with van der Waals surface area (Å²) < 4.78 is 21.0. The summed E-state index contributed by atoms with van der Waals surface area (Å²) in [5.74, 6) is 8.61. The summed E-state index contributed by atoms with van der Waals surface area (Å²) in [6.45, 7) is 12.0. The number of hydrogen-bond acceptors (Lipinski definition) is 24. The van der Waals surface area contributed by atoms with E-state index >= 15 is 0 Å². The van der Waals surface area contributed by atoms with E-state index in [2.05, 4.69) is 91.9 Å². The Hall–Kier alpha value is -11.1. The molecule has 46 heteroatoms. The number of rotatable bonds is 5. The first-order valence-corrected chi connectivity index (χ1v) is 26.7. The minimum Gasteiger partial charge on any atom is -0.453 e. The van der Waals surface area contributed by atoms with Crippen LogP contribution in [-0.2, 0) is 57.2 Å². The summed E-state index contributed by atoms with van der Waals surface area (Å²) in [7, 11) is 37.3. The lowest BCUT2D eigenvalue weighted by Crippen LogP contribution is -2.33. The maximum atomic E-state index is 10.7. The quantitative estimate of drug-likeness (QED) is 0.0409. The molecule has 0 heterocycles. The largest absolute Gasteiger partial charge is 0.453 e. The average molecular weight is 1430 g/mol. The van der Waals surface area contributed by atoms with Crippen LogP contribution in [0.1, 0.15) is 61.3 Å². The van der Waals surface area contributed by atoms with Crippen LogP contribution in [0.3, 0.4) is 0 Å². The van der Waals surface area contributed by atoms with Crippen LogP contribution in [0.2, 0.25) is 0 Å². The lowest BCUT2D eigenvalue weighted by molar-refractivity contribution is -0.128. The molecule has 97 heavy (non-hydrogen) atoms. The Labute approximate surface area is 572 Å². The van der Waals surface area contributed by atoms with E-state index in [-0.39, 0.29) is 60.2 Å². The van der Waals surface area contributed by atoms with E-state index in [0.29, 0.717) is 26.1 Å². The highest BCUT2D eigenvalue weighted by atomic mass is 16.6. The number of nitrogens with two attached hydrogens (primary N) is 11. The van der Waals surface area contributed by atoms with Crippen LogP contribution >= 0.6 is 0 Å². The molecule has 582 valence electrons. The number of ether oxygens (including phenoxy) is 5. The monoisotopic (exact) mass is 1430 g/mol. The van der Waals surface area contributed by atoms with Crippen LogP contribution in [-0.4, -0.2) is 323 Å². The number of carbonyl (C=O) groups excluding carboxylic acids is 17. The van der Waals surface area contributed by atoms with Gasteiger partial charge in [0.2, 0.25) is 42.4 Å². The third-order valence-electron chi connectivity index (χ3n) is 6.23. The van der Waals surface area contributed by atoms with Crippen molar-refractivity contribution in [2.75, 3.05) is 175 Å². The van der Waals surface area contributed by atoms with Crippen molar-refractivity contribution in [2.45, 2.75) is 61.3 Å². The summed E-state index contributed by atoms with van der Waals surface area (Å²) >= 11 is 0. The summed E-state index contributed by atoms with van der Waals surface area (Å²) in [6, 6.07) is -1.79. The van der Waals surface area contributed by atoms with E-state index in [4.69, 9.17) is 15.3 Å². The van der Waals surface area contributed by atoms with E-state index < -0.39 is 36.4 Å². The zero-order valence-electron chi connectivity index (χ0n) is 62.8. The zero-order valence-corrected chi connectivity index (χ0v) is 62.8. The molecule has 0 atom stereocenters. The van der Waals surface area contributed by atoms with Gasteiger partial charge < -0.3 is 130 Å². The second-order valence-corrected chi connectivity index (χ2v) is 17.0. The molecule has 0 rings (SSSR count). The predicted octanol–water partition coefficient (Wildman–Crippen LogP) is -4.15. The van der Waals surface area contributed by atoms with Gasteiger partial charge in [0.1, 0.15) is 0 Å². The van der Waals surface area contributed by atoms with E-state index in [9.17, 15) is 71.9 Å². The van der Waals surface area contributed by atoms with Gasteiger partial charge in [0.15, 0.2) is 0 Å². The van der Waals surface area contributed by atoms with E-state index in [1.807, 2.05) is 12.3 Å². The van der Waals surface area contributed by atoms with Gasteiger partial charge in [-0.3, -0.25) is 44.4 Å². The Kier molecular flexibility index (Phi) is 140. The summed E-state index contributed by atoms with van der Waals surface area (Å²) in [6.07, 6.45) is -0.641. The van der Waals surface area contributed by atoms with Crippen LogP contribution < -0.4 is 84.8 Å². The Bertz CT molecular complexity index is 1830. The smallest absolute Gasteiger partial charge is 0.421 e. The van der Waals surface area contributed by atoms with Gasteiger partial charge in [0.25, 0.3) is 0 Å². The lowest BCUT2D eigenvalue weighted by Gasteiger charge is -2.16. The number of methoxy groups -OCH3 is 3. The topological polar surface area (TPSA) is 700 Å². The third-order valence-corrected chi connectivity index (χ3v) is 6.23. The minimum atomic E-state index is -0.833. The van der Waals surface area contributed by atoms with Crippen LogP contribution in [0.4, 0.5) is 47.9 Å². The number of hydrogen-bond donors (Lipinski definition) is 15. The molecule has 0 saturated heterocycles. The van der Waals surface area contributed by atoms with Gasteiger partial charge in [0, 0.05) is 175 Å². The molecule has 0 spiro atoms. The highest BCUT2D eigenvalue weighted by Gasteiger charge is 2.03. The Morgan fingerprint density at radius 3 is 0.711 bits per heavy atom. The van der Waals surface area contributed by atoms with Crippen LogP contribution in [0.25, 0.3) is 0 Å². The molecular formula is C51H126N24O22. The van der Waals surface area contributed by atoms with Crippen LogP contribution in [0.5, 0.6) is 0 Å². The Balaban J connectivity index is -0.0000000469. The molecule has 0 fully saturated rings. The lowest BCUT2D eigenvalue weighted by atomic mass is 10.4. The van der Waals surface area contributed by atoms with Gasteiger partial charge in [-0.1, -0.05) is 13.8 Å². The van der Waals surface area contributed by atoms with E-state index in [1.54, 1.807) is 165 Å². The molecule has 0 unspecified atom stereocenters. The van der Waals surface area contributed by atoms with Gasteiger partial charge in [0.05, 0.1) is 34.5 Å². The summed E-state index contributed by atoms with van der Waals surface area (Å²) in [5.41, 5.74) is 43.7. The number of primary amides is 9. The van der Waals surface area contributed by atoms with Crippen molar-refractivity contribution in [1.82, 2.24) is 65.6 Å². The van der Waals surface area contributed by atoms with Crippen LogP contribution in [0, 0.1) is 0 Å². The van der Waals surface area contributed by atoms with Crippen molar-refractivity contribution in [3.8, 4) is 0 Å². The van der Waals surface area contributed by atoms with Gasteiger partial charge in [-0.05, 0) is 13.8 Å². The van der Waals surface area contributed by atoms with Crippen LogP contribution in [0.15, 0.2) is 0 Å². The first-order valence-electron chi connectivity index (χ1n) is 26.7. The molecule has 0 saturated carbocycles. The van der Waals surface area contributed by atoms with Crippen molar-refractivity contribution < 1.29 is 105 Å². The normalized spacial score (nSPS) is 7.38. The highest BCUT2D eigenvalue weighted by Crippen LogP contribution is 1.84. The molecule has 26 N–H and O–H groups in total.